The molecule has 0 unspecified atom stereocenters. The van der Waals surface area contributed by atoms with Crippen molar-refractivity contribution in [1.29, 1.82) is 0 Å². The summed E-state index contributed by atoms with van der Waals surface area (Å²) in [6, 6.07) is 22.8. The molecule has 0 atom stereocenters. The average Bonchev–Trinajstić information content (AvgIpc) is 2.99. The Bertz CT molecular complexity index is 1250. The maximum atomic E-state index is 12.5. The molecular formula is C33H42N4O3. The Balaban J connectivity index is 1.01. The fourth-order valence-corrected chi connectivity index (χ4v) is 5.43. The summed E-state index contributed by atoms with van der Waals surface area (Å²) in [4.78, 5) is 19.9. The Hall–Kier alpha value is -3.55. The molecule has 2 aliphatic rings. The Labute approximate surface area is 238 Å². The minimum Gasteiger partial charge on any atom is -0.494 e. The molecular weight excluding hydrogens is 500 g/mol. The van der Waals surface area contributed by atoms with Gasteiger partial charge in [0.25, 0.3) is 5.91 Å². The molecule has 3 aromatic rings. The minimum atomic E-state index is -0.0480. The summed E-state index contributed by atoms with van der Waals surface area (Å²) in [5.41, 5.74) is 7.20. The second kappa shape index (κ2) is 13.7. The number of carbonyl (C=O) groups is 1. The lowest BCUT2D eigenvalue weighted by atomic mass is 10.1. The molecule has 1 amide bonds. The summed E-state index contributed by atoms with van der Waals surface area (Å²) >= 11 is 0. The van der Waals surface area contributed by atoms with Crippen LogP contribution >= 0.6 is 0 Å². The highest BCUT2D eigenvalue weighted by Gasteiger charge is 2.19. The first-order valence-corrected chi connectivity index (χ1v) is 14.5. The normalized spacial score (nSPS) is 16.1. The Morgan fingerprint density at radius 3 is 2.40 bits per heavy atom. The van der Waals surface area contributed by atoms with Gasteiger partial charge in [-0.1, -0.05) is 24.3 Å². The SMILES string of the molecule is Cc1cccc(N2CCN(Cc3cccc(OCCCNC(=O)c4ccc(N5CCOCC5)cc4)c3)CC2)c1C. The molecule has 2 fully saturated rings. The number of nitrogens with zero attached hydrogens (tertiary/aromatic N) is 3. The van der Waals surface area contributed by atoms with Crippen LogP contribution in [0.2, 0.25) is 0 Å². The minimum absolute atomic E-state index is 0.0480. The topological polar surface area (TPSA) is 57.3 Å². The molecule has 7 heteroatoms. The summed E-state index contributed by atoms with van der Waals surface area (Å²) in [7, 11) is 0. The van der Waals surface area contributed by atoms with E-state index in [4.69, 9.17) is 9.47 Å². The van der Waals surface area contributed by atoms with Crippen LogP contribution in [0.25, 0.3) is 0 Å². The molecule has 0 saturated carbocycles. The lowest BCUT2D eigenvalue weighted by Gasteiger charge is -2.37. The smallest absolute Gasteiger partial charge is 0.251 e. The van der Waals surface area contributed by atoms with Gasteiger partial charge >= 0.3 is 0 Å². The molecule has 7 nitrogen and oxygen atoms in total. The first-order valence-electron chi connectivity index (χ1n) is 14.5. The van der Waals surface area contributed by atoms with Crippen LogP contribution in [0, 0.1) is 13.8 Å². The molecule has 1 N–H and O–H groups in total. The average molecular weight is 543 g/mol. The predicted molar refractivity (Wildman–Crippen MR) is 162 cm³/mol. The lowest BCUT2D eigenvalue weighted by molar-refractivity contribution is 0.0951. The standard InChI is InChI=1S/C33H42N4O3/c1-26-6-3-9-32(27(26)2)37-17-15-35(16-18-37)25-28-7-4-8-31(24-28)40-21-5-14-34-33(38)29-10-12-30(13-11-29)36-19-22-39-23-20-36/h3-4,6-13,24H,5,14-23,25H2,1-2H3,(H,34,38). The summed E-state index contributed by atoms with van der Waals surface area (Å²) < 4.78 is 11.4. The van der Waals surface area contributed by atoms with Gasteiger partial charge in [-0.05, 0) is 79.4 Å². The monoisotopic (exact) mass is 542 g/mol. The van der Waals surface area contributed by atoms with Crippen LogP contribution < -0.4 is 19.9 Å². The maximum Gasteiger partial charge on any atom is 0.251 e. The van der Waals surface area contributed by atoms with E-state index < -0.39 is 0 Å². The highest BCUT2D eigenvalue weighted by Crippen LogP contribution is 2.24. The molecule has 0 aliphatic carbocycles. The molecule has 3 aromatic carbocycles. The molecule has 2 saturated heterocycles. The zero-order valence-corrected chi connectivity index (χ0v) is 23.9. The number of benzene rings is 3. The van der Waals surface area contributed by atoms with Gasteiger partial charge in [0, 0.05) is 69.3 Å². The number of hydrogen-bond donors (Lipinski definition) is 1. The van der Waals surface area contributed by atoms with Gasteiger partial charge < -0.3 is 24.6 Å². The molecule has 5 rings (SSSR count). The molecule has 0 radical (unpaired) electrons. The summed E-state index contributed by atoms with van der Waals surface area (Å²) in [5.74, 6) is 0.838. The predicted octanol–water partition coefficient (Wildman–Crippen LogP) is 4.66. The van der Waals surface area contributed by atoms with Gasteiger partial charge in [0.2, 0.25) is 0 Å². The van der Waals surface area contributed by atoms with E-state index in [1.165, 1.54) is 22.4 Å². The van der Waals surface area contributed by atoms with Crippen molar-refractivity contribution in [3.05, 3.63) is 89.0 Å². The second-order valence-electron chi connectivity index (χ2n) is 10.7. The van der Waals surface area contributed by atoms with E-state index in [9.17, 15) is 4.79 Å². The van der Waals surface area contributed by atoms with E-state index in [2.05, 4.69) is 70.3 Å². The van der Waals surface area contributed by atoms with Crippen LogP contribution in [-0.4, -0.2) is 76.4 Å². The maximum absolute atomic E-state index is 12.5. The Morgan fingerprint density at radius 1 is 0.875 bits per heavy atom. The lowest BCUT2D eigenvalue weighted by Crippen LogP contribution is -2.46. The number of amides is 1. The number of ether oxygens (including phenoxy) is 2. The van der Waals surface area contributed by atoms with Gasteiger partial charge in [0.15, 0.2) is 0 Å². The third-order valence-corrected chi connectivity index (χ3v) is 7.97. The van der Waals surface area contributed by atoms with E-state index >= 15 is 0 Å². The summed E-state index contributed by atoms with van der Waals surface area (Å²) in [5, 5.41) is 3.01. The van der Waals surface area contributed by atoms with Crippen molar-refractivity contribution >= 4 is 17.3 Å². The number of anilines is 2. The zero-order chi connectivity index (χ0) is 27.7. The van der Waals surface area contributed by atoms with Crippen LogP contribution in [0.1, 0.15) is 33.5 Å². The van der Waals surface area contributed by atoms with Gasteiger partial charge in [0.05, 0.1) is 19.8 Å². The summed E-state index contributed by atoms with van der Waals surface area (Å²) in [6.07, 6.45) is 0.752. The van der Waals surface area contributed by atoms with Gasteiger partial charge in [-0.15, -0.1) is 0 Å². The van der Waals surface area contributed by atoms with Crippen molar-refractivity contribution in [2.75, 3.05) is 75.4 Å². The molecule has 2 heterocycles. The van der Waals surface area contributed by atoms with Crippen molar-refractivity contribution < 1.29 is 14.3 Å². The highest BCUT2D eigenvalue weighted by molar-refractivity contribution is 5.94. The molecule has 0 aromatic heterocycles. The van der Waals surface area contributed by atoms with E-state index in [0.29, 0.717) is 18.7 Å². The van der Waals surface area contributed by atoms with E-state index in [0.717, 1.165) is 76.9 Å². The van der Waals surface area contributed by atoms with Crippen LogP contribution in [0.4, 0.5) is 11.4 Å². The van der Waals surface area contributed by atoms with Crippen molar-refractivity contribution in [3.8, 4) is 5.75 Å². The molecule has 0 spiro atoms. The highest BCUT2D eigenvalue weighted by atomic mass is 16.5. The Kier molecular flexibility index (Phi) is 9.58. The molecule has 40 heavy (non-hydrogen) atoms. The van der Waals surface area contributed by atoms with Crippen LogP contribution in [0.5, 0.6) is 5.75 Å². The quantitative estimate of drug-likeness (QED) is 0.376. The molecule has 0 bridgehead atoms. The van der Waals surface area contributed by atoms with Crippen molar-refractivity contribution in [2.24, 2.45) is 0 Å². The number of piperazine rings is 1. The fourth-order valence-electron chi connectivity index (χ4n) is 5.43. The van der Waals surface area contributed by atoms with Gasteiger partial charge in [0.1, 0.15) is 5.75 Å². The number of carbonyl (C=O) groups excluding carboxylic acids is 1. The van der Waals surface area contributed by atoms with Gasteiger partial charge in [-0.2, -0.15) is 0 Å². The van der Waals surface area contributed by atoms with Crippen LogP contribution in [-0.2, 0) is 11.3 Å². The largest absolute Gasteiger partial charge is 0.494 e. The third kappa shape index (κ3) is 7.34. The third-order valence-electron chi connectivity index (χ3n) is 7.97. The first kappa shape index (κ1) is 28.0. The van der Waals surface area contributed by atoms with Crippen molar-refractivity contribution in [3.63, 3.8) is 0 Å². The van der Waals surface area contributed by atoms with Gasteiger partial charge in [-0.3, -0.25) is 9.69 Å². The number of morpholine rings is 1. The molecule has 212 valence electrons. The van der Waals surface area contributed by atoms with Crippen molar-refractivity contribution in [2.45, 2.75) is 26.8 Å². The Morgan fingerprint density at radius 2 is 1.62 bits per heavy atom. The molecule has 2 aliphatic heterocycles. The van der Waals surface area contributed by atoms with E-state index in [-0.39, 0.29) is 5.91 Å². The van der Waals surface area contributed by atoms with Crippen LogP contribution in [0.15, 0.2) is 66.7 Å². The number of hydrogen-bond acceptors (Lipinski definition) is 6. The van der Waals surface area contributed by atoms with E-state index in [1.54, 1.807) is 0 Å². The number of nitrogens with one attached hydrogen (secondary N) is 1. The summed E-state index contributed by atoms with van der Waals surface area (Å²) in [6.45, 7) is 14.0. The van der Waals surface area contributed by atoms with Crippen molar-refractivity contribution in [1.82, 2.24) is 10.2 Å². The van der Waals surface area contributed by atoms with Crippen LogP contribution in [0.3, 0.4) is 0 Å². The first-order chi connectivity index (χ1) is 19.6. The zero-order valence-electron chi connectivity index (χ0n) is 23.9. The van der Waals surface area contributed by atoms with E-state index in [1.807, 2.05) is 30.3 Å². The number of rotatable bonds is 10. The number of aryl methyl sites for hydroxylation is 1. The fraction of sp³-hybridized carbons (Fsp3) is 0.424. The second-order valence-corrected chi connectivity index (χ2v) is 10.7. The van der Waals surface area contributed by atoms with Gasteiger partial charge in [-0.25, -0.2) is 0 Å².